The third-order valence-corrected chi connectivity index (χ3v) is 1.86. The minimum Gasteiger partial charge on any atom is -0.319 e. The van der Waals surface area contributed by atoms with Gasteiger partial charge in [-0.05, 0) is 24.1 Å². The zero-order valence-corrected chi connectivity index (χ0v) is 10.9. The van der Waals surface area contributed by atoms with Gasteiger partial charge in [-0.25, -0.2) is 0 Å². The van der Waals surface area contributed by atoms with Crippen LogP contribution in [0.1, 0.15) is 30.9 Å². The number of rotatable bonds is 3. The van der Waals surface area contributed by atoms with Gasteiger partial charge in [0.15, 0.2) is 0 Å². The Bertz CT molecular complexity index is 362. The molecule has 0 bridgehead atoms. The van der Waals surface area contributed by atoms with Crippen molar-refractivity contribution < 1.29 is 0 Å². The molecule has 0 saturated heterocycles. The van der Waals surface area contributed by atoms with Crippen LogP contribution < -0.4 is 11.5 Å². The highest BCUT2D eigenvalue weighted by atomic mass is 14.7. The van der Waals surface area contributed by atoms with Crippen molar-refractivity contribution in [3.63, 3.8) is 0 Å². The third-order valence-electron chi connectivity index (χ3n) is 1.86. The minimum atomic E-state index is 0.250. The Morgan fingerprint density at radius 2 is 1.72 bits per heavy atom. The summed E-state index contributed by atoms with van der Waals surface area (Å²) in [6, 6.07) is 9.21. The summed E-state index contributed by atoms with van der Waals surface area (Å²) in [4.78, 5) is 0. The Morgan fingerprint density at radius 1 is 1.28 bits per heavy atom. The van der Waals surface area contributed by atoms with E-state index in [9.17, 15) is 0 Å². The molecule has 4 nitrogen and oxygen atoms in total. The van der Waals surface area contributed by atoms with E-state index in [1.807, 2.05) is 12.1 Å². The van der Waals surface area contributed by atoms with Gasteiger partial charge in [0.2, 0.25) is 0 Å². The Hall–Kier alpha value is -1.96. The first-order chi connectivity index (χ1) is 8.69. The number of hydrogen-bond acceptors (Lipinski definition) is 4. The number of benzene rings is 1. The fourth-order valence-corrected chi connectivity index (χ4v) is 1.14. The molecule has 0 aliphatic heterocycles. The van der Waals surface area contributed by atoms with Crippen LogP contribution in [0.4, 0.5) is 0 Å². The molecule has 0 aliphatic rings. The van der Waals surface area contributed by atoms with E-state index in [0.717, 1.165) is 18.4 Å². The van der Waals surface area contributed by atoms with Crippen molar-refractivity contribution in [2.45, 2.75) is 19.8 Å². The number of nitriles is 1. The van der Waals surface area contributed by atoms with Gasteiger partial charge in [0.1, 0.15) is 0 Å². The van der Waals surface area contributed by atoms with E-state index >= 15 is 0 Å². The summed E-state index contributed by atoms with van der Waals surface area (Å²) >= 11 is 0. The Labute approximate surface area is 109 Å². The van der Waals surface area contributed by atoms with Crippen LogP contribution in [0.2, 0.25) is 0 Å². The van der Waals surface area contributed by atoms with Crippen LogP contribution in [-0.2, 0) is 0 Å². The second-order valence-electron chi connectivity index (χ2n) is 3.15. The van der Waals surface area contributed by atoms with Crippen LogP contribution in [0, 0.1) is 16.7 Å². The van der Waals surface area contributed by atoms with Crippen molar-refractivity contribution in [2.75, 3.05) is 6.67 Å². The first-order valence-corrected chi connectivity index (χ1v) is 5.67. The van der Waals surface area contributed by atoms with E-state index in [1.54, 1.807) is 12.1 Å². The molecule has 18 heavy (non-hydrogen) atoms. The second kappa shape index (κ2) is 13.1. The van der Waals surface area contributed by atoms with Gasteiger partial charge >= 0.3 is 0 Å². The first-order valence-electron chi connectivity index (χ1n) is 5.67. The Kier molecular flexibility index (Phi) is 13.4. The Morgan fingerprint density at radius 3 is 2.06 bits per heavy atom. The molecule has 0 unspecified atom stereocenters. The fourth-order valence-electron chi connectivity index (χ4n) is 1.14. The molecule has 0 fully saturated rings. The molecule has 0 aliphatic carbocycles. The predicted octanol–water partition coefficient (Wildman–Crippen LogP) is 2.39. The number of hydrogen-bond donors (Lipinski definition) is 3. The first kappa shape index (κ1) is 18.4. The average molecular weight is 246 g/mol. The van der Waals surface area contributed by atoms with Gasteiger partial charge in [0, 0.05) is 12.4 Å². The SMILES string of the molecule is C=C.CCCC(=N)c1ccc(C#N)cc1.NCN. The smallest absolute Gasteiger partial charge is 0.0991 e. The predicted molar refractivity (Wildman–Crippen MR) is 77.4 cm³/mol. The fraction of sp³-hybridized carbons (Fsp3) is 0.286. The van der Waals surface area contributed by atoms with E-state index < -0.39 is 0 Å². The summed E-state index contributed by atoms with van der Waals surface area (Å²) in [5.41, 5.74) is 11.5. The molecule has 0 heterocycles. The van der Waals surface area contributed by atoms with Crippen molar-refractivity contribution >= 4 is 5.71 Å². The highest BCUT2D eigenvalue weighted by molar-refractivity contribution is 5.98. The lowest BCUT2D eigenvalue weighted by molar-refractivity contribution is 0.986. The zero-order chi connectivity index (χ0) is 14.4. The zero-order valence-electron chi connectivity index (χ0n) is 10.9. The molecule has 1 rings (SSSR count). The molecule has 0 spiro atoms. The summed E-state index contributed by atoms with van der Waals surface area (Å²) < 4.78 is 0. The number of nitrogens with two attached hydrogens (primary N) is 2. The molecule has 5 N–H and O–H groups in total. The van der Waals surface area contributed by atoms with Crippen LogP contribution >= 0.6 is 0 Å². The topological polar surface area (TPSA) is 99.7 Å². The van der Waals surface area contributed by atoms with Gasteiger partial charge in [-0.2, -0.15) is 5.26 Å². The van der Waals surface area contributed by atoms with Crippen LogP contribution in [0.25, 0.3) is 0 Å². The molecular formula is C14H22N4. The molecule has 0 amide bonds. The van der Waals surface area contributed by atoms with E-state index in [2.05, 4.69) is 37.6 Å². The number of nitrogens with zero attached hydrogens (tertiary/aromatic N) is 1. The summed E-state index contributed by atoms with van der Waals surface area (Å²) in [5, 5.41) is 16.2. The van der Waals surface area contributed by atoms with Gasteiger partial charge < -0.3 is 16.9 Å². The van der Waals surface area contributed by atoms with Gasteiger partial charge in [-0.3, -0.25) is 0 Å². The van der Waals surface area contributed by atoms with Crippen LogP contribution in [0.3, 0.4) is 0 Å². The van der Waals surface area contributed by atoms with Crippen molar-refractivity contribution in [3.8, 4) is 6.07 Å². The monoisotopic (exact) mass is 246 g/mol. The van der Waals surface area contributed by atoms with Crippen molar-refractivity contribution in [2.24, 2.45) is 11.5 Å². The lowest BCUT2D eigenvalue weighted by atomic mass is 10.0. The van der Waals surface area contributed by atoms with E-state index in [1.165, 1.54) is 0 Å². The second-order valence-corrected chi connectivity index (χ2v) is 3.15. The molecule has 98 valence electrons. The van der Waals surface area contributed by atoms with Crippen LogP contribution in [0.5, 0.6) is 0 Å². The maximum atomic E-state index is 8.57. The quantitative estimate of drug-likeness (QED) is 0.433. The summed E-state index contributed by atoms with van der Waals surface area (Å²) in [6.07, 6.45) is 1.78. The van der Waals surface area contributed by atoms with Crippen LogP contribution in [0.15, 0.2) is 37.4 Å². The third kappa shape index (κ3) is 8.22. The normalized spacial score (nSPS) is 7.89. The summed E-state index contributed by atoms with van der Waals surface area (Å²) in [6.45, 7) is 8.30. The summed E-state index contributed by atoms with van der Waals surface area (Å²) in [5.74, 6) is 0. The van der Waals surface area contributed by atoms with Gasteiger partial charge in [-0.15, -0.1) is 13.2 Å². The van der Waals surface area contributed by atoms with E-state index in [4.69, 9.17) is 10.7 Å². The van der Waals surface area contributed by atoms with Crippen molar-refractivity contribution in [3.05, 3.63) is 48.6 Å². The molecule has 0 saturated carbocycles. The van der Waals surface area contributed by atoms with Gasteiger partial charge in [0.05, 0.1) is 11.6 Å². The molecule has 0 atom stereocenters. The van der Waals surface area contributed by atoms with Gasteiger partial charge in [0.25, 0.3) is 0 Å². The molecule has 1 aromatic carbocycles. The summed E-state index contributed by atoms with van der Waals surface area (Å²) in [7, 11) is 0. The minimum absolute atomic E-state index is 0.250. The molecular weight excluding hydrogens is 224 g/mol. The molecule has 0 aromatic heterocycles. The maximum absolute atomic E-state index is 8.57. The molecule has 1 aromatic rings. The lowest BCUT2D eigenvalue weighted by Crippen LogP contribution is -2.08. The van der Waals surface area contributed by atoms with Crippen LogP contribution in [-0.4, -0.2) is 12.4 Å². The number of nitrogens with one attached hydrogen (secondary N) is 1. The largest absolute Gasteiger partial charge is 0.319 e. The highest BCUT2D eigenvalue weighted by Crippen LogP contribution is 2.07. The van der Waals surface area contributed by atoms with Crippen molar-refractivity contribution in [1.82, 2.24) is 0 Å². The average Bonchev–Trinajstić information content (AvgIpc) is 2.42. The standard InChI is InChI=1S/C11H12N2.C2H4.CH6N2/c1-2-3-11(13)10-6-4-9(8-12)5-7-10;1-2;2-1-3/h4-7,13H,2-3H2,1H3;1-2H2;1-3H2. The maximum Gasteiger partial charge on any atom is 0.0991 e. The van der Waals surface area contributed by atoms with E-state index in [-0.39, 0.29) is 6.67 Å². The highest BCUT2D eigenvalue weighted by Gasteiger charge is 1.99. The molecule has 0 radical (unpaired) electrons. The Balaban J connectivity index is 0. The van der Waals surface area contributed by atoms with Gasteiger partial charge in [-0.1, -0.05) is 25.5 Å². The van der Waals surface area contributed by atoms with Crippen molar-refractivity contribution in [1.29, 1.82) is 10.7 Å². The molecule has 4 heteroatoms. The lowest BCUT2D eigenvalue weighted by Gasteiger charge is -2.01. The van der Waals surface area contributed by atoms with E-state index in [0.29, 0.717) is 11.3 Å².